The Morgan fingerprint density at radius 1 is 1.29 bits per heavy atom. The van der Waals surface area contributed by atoms with Crippen molar-refractivity contribution in [3.63, 3.8) is 0 Å². The van der Waals surface area contributed by atoms with Crippen molar-refractivity contribution in [2.24, 2.45) is 0 Å². The molecule has 0 radical (unpaired) electrons. The molecule has 0 aliphatic heterocycles. The van der Waals surface area contributed by atoms with E-state index in [1.54, 1.807) is 24.7 Å². The highest BCUT2D eigenvalue weighted by molar-refractivity contribution is 6.35. The number of halogens is 1. The minimum absolute atomic E-state index is 0.225. The van der Waals surface area contributed by atoms with E-state index < -0.39 is 6.10 Å². The first-order valence-electron chi connectivity index (χ1n) is 9.57. The molecule has 6 nitrogen and oxygen atoms in total. The molecule has 0 spiro atoms. The highest BCUT2D eigenvalue weighted by Gasteiger charge is 2.27. The molecule has 146 valence electrons. The van der Waals surface area contributed by atoms with Gasteiger partial charge in [0.15, 0.2) is 0 Å². The Balaban J connectivity index is 1.69. The fourth-order valence-corrected chi connectivity index (χ4v) is 4.11. The number of fused-ring (bicyclic) bond motifs is 1. The molecule has 1 amide bonds. The number of amides is 1. The standard InChI is InChI=1S/C21H23ClN4O2/c1-13-6-8-23-14(10-13)11-26-12-15(19-20(26)16(22)7-9-24-19)21(28)25-17-4-2-3-5-18(17)27/h6-10,12,17-18,27H,2-5,11H2,1H3,(H,25,28)/t17-,18-/m0/s1. The van der Waals surface area contributed by atoms with Gasteiger partial charge in [0.1, 0.15) is 5.52 Å². The average molecular weight is 399 g/mol. The molecule has 4 rings (SSSR count). The molecule has 0 unspecified atom stereocenters. The SMILES string of the molecule is Cc1ccnc(Cn2cc(C(=O)N[C@H]3CCCC[C@@H]3O)c3nccc(Cl)c32)c1. The van der Waals surface area contributed by atoms with Crippen LogP contribution in [0.4, 0.5) is 0 Å². The van der Waals surface area contributed by atoms with Crippen LogP contribution in [0.2, 0.25) is 5.02 Å². The Morgan fingerprint density at radius 2 is 2.07 bits per heavy atom. The molecule has 3 aromatic rings. The van der Waals surface area contributed by atoms with Gasteiger partial charge in [0.05, 0.1) is 40.5 Å². The second-order valence-corrected chi connectivity index (χ2v) is 7.82. The Labute approximate surface area is 168 Å². The maximum absolute atomic E-state index is 13.0. The van der Waals surface area contributed by atoms with Gasteiger partial charge in [0, 0.05) is 18.6 Å². The molecule has 0 saturated heterocycles. The lowest BCUT2D eigenvalue weighted by Gasteiger charge is -2.28. The van der Waals surface area contributed by atoms with Crippen LogP contribution in [-0.2, 0) is 6.54 Å². The zero-order valence-corrected chi connectivity index (χ0v) is 16.5. The number of pyridine rings is 2. The van der Waals surface area contributed by atoms with Crippen LogP contribution < -0.4 is 5.32 Å². The third-order valence-electron chi connectivity index (χ3n) is 5.30. The monoisotopic (exact) mass is 398 g/mol. The number of carbonyl (C=O) groups excluding carboxylic acids is 1. The molecule has 1 aliphatic carbocycles. The first kappa shape index (κ1) is 18.9. The summed E-state index contributed by atoms with van der Waals surface area (Å²) < 4.78 is 1.92. The van der Waals surface area contributed by atoms with Crippen LogP contribution in [0.1, 0.15) is 47.3 Å². The molecule has 1 aliphatic rings. The van der Waals surface area contributed by atoms with E-state index in [4.69, 9.17) is 11.6 Å². The number of nitrogens with one attached hydrogen (secondary N) is 1. The van der Waals surface area contributed by atoms with Crippen molar-refractivity contribution in [2.75, 3.05) is 0 Å². The molecule has 7 heteroatoms. The summed E-state index contributed by atoms with van der Waals surface area (Å²) in [6.07, 6.45) is 8.15. The minimum Gasteiger partial charge on any atom is -0.391 e. The lowest BCUT2D eigenvalue weighted by atomic mass is 9.92. The molecule has 3 aromatic heterocycles. The summed E-state index contributed by atoms with van der Waals surface area (Å²) in [5, 5.41) is 13.7. The second kappa shape index (κ2) is 7.89. The zero-order chi connectivity index (χ0) is 19.7. The van der Waals surface area contributed by atoms with Gasteiger partial charge in [0.2, 0.25) is 0 Å². The predicted molar refractivity (Wildman–Crippen MR) is 109 cm³/mol. The van der Waals surface area contributed by atoms with Gasteiger partial charge in [-0.25, -0.2) is 0 Å². The number of nitrogens with zero attached hydrogens (tertiary/aromatic N) is 3. The van der Waals surface area contributed by atoms with Gasteiger partial charge < -0.3 is 15.0 Å². The molecular formula is C21H23ClN4O2. The van der Waals surface area contributed by atoms with Gasteiger partial charge in [-0.15, -0.1) is 0 Å². The third-order valence-corrected chi connectivity index (χ3v) is 5.60. The van der Waals surface area contributed by atoms with Crippen molar-refractivity contribution in [1.29, 1.82) is 0 Å². The number of rotatable bonds is 4. The number of hydrogen-bond donors (Lipinski definition) is 2. The topological polar surface area (TPSA) is 80.0 Å². The summed E-state index contributed by atoms with van der Waals surface area (Å²) in [6.45, 7) is 2.50. The van der Waals surface area contributed by atoms with Crippen molar-refractivity contribution < 1.29 is 9.90 Å². The zero-order valence-electron chi connectivity index (χ0n) is 15.7. The molecule has 1 fully saturated rings. The van der Waals surface area contributed by atoms with Crippen LogP contribution >= 0.6 is 11.6 Å². The van der Waals surface area contributed by atoms with Crippen molar-refractivity contribution >= 4 is 28.5 Å². The quantitative estimate of drug-likeness (QED) is 0.705. The molecule has 28 heavy (non-hydrogen) atoms. The van der Waals surface area contributed by atoms with Gasteiger partial charge >= 0.3 is 0 Å². The van der Waals surface area contributed by atoms with Crippen LogP contribution in [0.15, 0.2) is 36.8 Å². The van der Waals surface area contributed by atoms with Crippen LogP contribution in [0.3, 0.4) is 0 Å². The van der Waals surface area contributed by atoms with Gasteiger partial charge in [-0.05, 0) is 43.5 Å². The van der Waals surface area contributed by atoms with Crippen LogP contribution in [0.5, 0.6) is 0 Å². The maximum Gasteiger partial charge on any atom is 0.255 e. The van der Waals surface area contributed by atoms with Gasteiger partial charge in [-0.2, -0.15) is 0 Å². The Hall–Kier alpha value is -2.44. The van der Waals surface area contributed by atoms with Crippen LogP contribution in [0.25, 0.3) is 11.0 Å². The predicted octanol–water partition coefficient (Wildman–Crippen LogP) is 3.47. The maximum atomic E-state index is 13.0. The molecule has 2 N–H and O–H groups in total. The Morgan fingerprint density at radius 3 is 2.86 bits per heavy atom. The fourth-order valence-electron chi connectivity index (χ4n) is 3.86. The number of carbonyl (C=O) groups is 1. The first-order chi connectivity index (χ1) is 13.5. The first-order valence-corrected chi connectivity index (χ1v) is 9.94. The fraction of sp³-hybridized carbons (Fsp3) is 0.381. The van der Waals surface area contributed by atoms with Crippen molar-refractivity contribution in [3.8, 4) is 0 Å². The van der Waals surface area contributed by atoms with Gasteiger partial charge in [-0.1, -0.05) is 24.4 Å². The van der Waals surface area contributed by atoms with E-state index in [0.29, 0.717) is 28.2 Å². The molecule has 2 atom stereocenters. The smallest absolute Gasteiger partial charge is 0.255 e. The normalized spacial score (nSPS) is 19.7. The van der Waals surface area contributed by atoms with Crippen molar-refractivity contribution in [1.82, 2.24) is 19.9 Å². The molecule has 1 saturated carbocycles. The van der Waals surface area contributed by atoms with Crippen molar-refractivity contribution in [3.05, 3.63) is 58.6 Å². The van der Waals surface area contributed by atoms with E-state index in [1.807, 2.05) is 23.6 Å². The Kier molecular flexibility index (Phi) is 5.33. The summed E-state index contributed by atoms with van der Waals surface area (Å²) in [7, 11) is 0. The third kappa shape index (κ3) is 3.75. The van der Waals surface area contributed by atoms with Crippen LogP contribution in [0, 0.1) is 6.92 Å². The summed E-state index contributed by atoms with van der Waals surface area (Å²) in [4.78, 5) is 21.8. The summed E-state index contributed by atoms with van der Waals surface area (Å²) in [5.41, 5.74) is 3.73. The number of aliphatic hydroxyl groups excluding tert-OH is 1. The Bertz CT molecular complexity index is 1020. The van der Waals surface area contributed by atoms with E-state index in [0.717, 1.165) is 36.9 Å². The van der Waals surface area contributed by atoms with Crippen molar-refractivity contribution in [2.45, 2.75) is 51.3 Å². The average Bonchev–Trinajstić information content (AvgIpc) is 3.03. The number of aryl methyl sites for hydroxylation is 1. The van der Waals surface area contributed by atoms with E-state index in [2.05, 4.69) is 15.3 Å². The summed E-state index contributed by atoms with van der Waals surface area (Å²) in [6, 6.07) is 5.45. The van der Waals surface area contributed by atoms with Gasteiger partial charge in [0.25, 0.3) is 5.91 Å². The lowest BCUT2D eigenvalue weighted by Crippen LogP contribution is -2.45. The van der Waals surface area contributed by atoms with E-state index in [-0.39, 0.29) is 11.9 Å². The minimum atomic E-state index is -0.501. The van der Waals surface area contributed by atoms with E-state index in [9.17, 15) is 9.90 Å². The van der Waals surface area contributed by atoms with Crippen LogP contribution in [-0.4, -0.2) is 37.7 Å². The molecular weight excluding hydrogens is 376 g/mol. The number of aliphatic hydroxyl groups is 1. The largest absolute Gasteiger partial charge is 0.391 e. The summed E-state index contributed by atoms with van der Waals surface area (Å²) in [5.74, 6) is -0.235. The van der Waals surface area contributed by atoms with Gasteiger partial charge in [-0.3, -0.25) is 14.8 Å². The molecule has 0 aromatic carbocycles. The molecule has 0 bridgehead atoms. The van der Waals surface area contributed by atoms with E-state index in [1.165, 1.54) is 0 Å². The number of hydrogen-bond acceptors (Lipinski definition) is 4. The highest BCUT2D eigenvalue weighted by atomic mass is 35.5. The molecule has 3 heterocycles. The summed E-state index contributed by atoms with van der Waals surface area (Å²) >= 11 is 6.44. The lowest BCUT2D eigenvalue weighted by molar-refractivity contribution is 0.0718. The van der Waals surface area contributed by atoms with E-state index >= 15 is 0 Å². The highest BCUT2D eigenvalue weighted by Crippen LogP contribution is 2.28. The second-order valence-electron chi connectivity index (χ2n) is 7.42. The number of aromatic nitrogens is 3.